The lowest BCUT2D eigenvalue weighted by Crippen LogP contribution is -1.97. The highest BCUT2D eigenvalue weighted by atomic mass is 79.9. The molecule has 96 valence electrons. The van der Waals surface area contributed by atoms with Gasteiger partial charge in [-0.2, -0.15) is 0 Å². The maximum Gasteiger partial charge on any atom is 0.322 e. The van der Waals surface area contributed by atoms with E-state index >= 15 is 0 Å². The van der Waals surface area contributed by atoms with E-state index in [1.165, 1.54) is 24.5 Å². The van der Waals surface area contributed by atoms with Crippen molar-refractivity contribution in [1.82, 2.24) is 9.97 Å². The number of nitro benzene ring substituents is 1. The summed E-state index contributed by atoms with van der Waals surface area (Å²) in [5.74, 6) is 0.00588. The average Bonchev–Trinajstić information content (AvgIpc) is 2.41. The molecule has 1 heterocycles. The number of para-hydroxylation sites is 1. The van der Waals surface area contributed by atoms with E-state index in [-0.39, 0.29) is 23.0 Å². The lowest BCUT2D eigenvalue weighted by molar-refractivity contribution is -0.385. The molecular weight excluding hydrogens is 318 g/mol. The van der Waals surface area contributed by atoms with Crippen molar-refractivity contribution in [3.8, 4) is 11.8 Å². The molecule has 0 N–H and O–H groups in total. The number of ether oxygens (including phenoxy) is 1. The first-order chi connectivity index (χ1) is 9.11. The van der Waals surface area contributed by atoms with Crippen LogP contribution in [0.25, 0.3) is 0 Å². The van der Waals surface area contributed by atoms with E-state index in [4.69, 9.17) is 4.74 Å². The number of hydrogen-bond donors (Lipinski definition) is 0. The number of carbonyl (C=O) groups excluding carboxylic acids is 1. The van der Waals surface area contributed by atoms with Crippen LogP contribution in [-0.2, 0) is 0 Å². The number of rotatable bonds is 4. The van der Waals surface area contributed by atoms with Gasteiger partial charge < -0.3 is 4.74 Å². The normalized spacial score (nSPS) is 9.95. The summed E-state index contributed by atoms with van der Waals surface area (Å²) in [6, 6.07) is 4.34. The molecule has 19 heavy (non-hydrogen) atoms. The van der Waals surface area contributed by atoms with Gasteiger partial charge in [-0.05, 0) is 22.0 Å². The molecule has 0 aliphatic heterocycles. The van der Waals surface area contributed by atoms with Gasteiger partial charge in [0.05, 0.1) is 15.0 Å². The summed E-state index contributed by atoms with van der Waals surface area (Å²) >= 11 is 3.16. The van der Waals surface area contributed by atoms with Crippen molar-refractivity contribution in [3.05, 3.63) is 50.7 Å². The van der Waals surface area contributed by atoms with Crippen LogP contribution in [0.15, 0.2) is 35.1 Å². The summed E-state index contributed by atoms with van der Waals surface area (Å²) in [6.07, 6.45) is 3.11. The van der Waals surface area contributed by atoms with Gasteiger partial charge in [0.1, 0.15) is 0 Å². The van der Waals surface area contributed by atoms with E-state index in [0.29, 0.717) is 10.8 Å². The predicted molar refractivity (Wildman–Crippen MR) is 68.3 cm³/mol. The second-order valence-electron chi connectivity index (χ2n) is 3.36. The topological polar surface area (TPSA) is 95.2 Å². The molecule has 7 nitrogen and oxygen atoms in total. The Kier molecular flexibility index (Phi) is 3.81. The summed E-state index contributed by atoms with van der Waals surface area (Å²) < 4.78 is 5.68. The van der Waals surface area contributed by atoms with Crippen molar-refractivity contribution < 1.29 is 14.5 Å². The molecule has 0 saturated heterocycles. The molecule has 0 radical (unpaired) electrons. The Morgan fingerprint density at radius 3 is 2.58 bits per heavy atom. The van der Waals surface area contributed by atoms with E-state index in [0.717, 1.165) is 0 Å². The molecule has 0 bridgehead atoms. The molecule has 0 unspecified atom stereocenters. The Hall–Kier alpha value is -2.35. The van der Waals surface area contributed by atoms with Gasteiger partial charge in [-0.3, -0.25) is 14.9 Å². The molecule has 0 saturated carbocycles. The fraction of sp³-hybridized carbons (Fsp3) is 0. The smallest absolute Gasteiger partial charge is 0.322 e. The van der Waals surface area contributed by atoms with Crippen LogP contribution in [0.2, 0.25) is 0 Å². The Balaban J connectivity index is 2.36. The molecule has 0 amide bonds. The fourth-order valence-electron chi connectivity index (χ4n) is 1.27. The highest BCUT2D eigenvalue weighted by Crippen LogP contribution is 2.36. The van der Waals surface area contributed by atoms with Crippen LogP contribution in [0.1, 0.15) is 10.4 Å². The van der Waals surface area contributed by atoms with Crippen molar-refractivity contribution in [2.45, 2.75) is 0 Å². The highest BCUT2D eigenvalue weighted by molar-refractivity contribution is 9.10. The van der Waals surface area contributed by atoms with E-state index in [2.05, 4.69) is 25.9 Å². The zero-order chi connectivity index (χ0) is 13.8. The van der Waals surface area contributed by atoms with Gasteiger partial charge in [-0.1, -0.05) is 6.07 Å². The molecule has 8 heteroatoms. The number of aldehydes is 1. The van der Waals surface area contributed by atoms with Gasteiger partial charge in [-0.25, -0.2) is 9.97 Å². The van der Waals surface area contributed by atoms with Gasteiger partial charge in [0.15, 0.2) is 6.29 Å². The predicted octanol–water partition coefficient (Wildman–Crippen LogP) is 2.75. The van der Waals surface area contributed by atoms with Gasteiger partial charge >= 0.3 is 11.7 Å². The van der Waals surface area contributed by atoms with Crippen LogP contribution < -0.4 is 4.74 Å². The van der Waals surface area contributed by atoms with Crippen LogP contribution in [0.5, 0.6) is 11.8 Å². The van der Waals surface area contributed by atoms with Crippen molar-refractivity contribution in [1.29, 1.82) is 0 Å². The van der Waals surface area contributed by atoms with Crippen LogP contribution in [-0.4, -0.2) is 21.2 Å². The summed E-state index contributed by atoms with van der Waals surface area (Å²) in [5, 5.41) is 10.9. The minimum Gasteiger partial charge on any atom is -0.416 e. The van der Waals surface area contributed by atoms with Crippen molar-refractivity contribution in [2.24, 2.45) is 0 Å². The largest absolute Gasteiger partial charge is 0.416 e. The van der Waals surface area contributed by atoms with E-state index in [1.807, 2.05) is 0 Å². The van der Waals surface area contributed by atoms with E-state index in [1.54, 1.807) is 6.07 Å². The molecule has 0 aliphatic carbocycles. The molecule has 0 aliphatic rings. The third-order valence-corrected chi connectivity index (χ3v) is 2.74. The molecule has 0 spiro atoms. The lowest BCUT2D eigenvalue weighted by atomic mass is 10.3. The number of halogens is 1. The second kappa shape index (κ2) is 5.53. The maximum atomic E-state index is 10.9. The fourth-order valence-corrected chi connectivity index (χ4v) is 1.71. The Bertz CT molecular complexity index is 630. The van der Waals surface area contributed by atoms with Crippen molar-refractivity contribution >= 4 is 27.9 Å². The van der Waals surface area contributed by atoms with Gasteiger partial charge in [0.2, 0.25) is 5.75 Å². The number of aromatic nitrogens is 2. The first kappa shape index (κ1) is 13.1. The lowest BCUT2D eigenvalue weighted by Gasteiger charge is -2.06. The quantitative estimate of drug-likeness (QED) is 0.487. The third-order valence-electron chi connectivity index (χ3n) is 2.12. The van der Waals surface area contributed by atoms with Crippen LogP contribution >= 0.6 is 15.9 Å². The van der Waals surface area contributed by atoms with Crippen LogP contribution in [0, 0.1) is 10.1 Å². The van der Waals surface area contributed by atoms with E-state index in [9.17, 15) is 14.9 Å². The first-order valence-corrected chi connectivity index (χ1v) is 5.79. The monoisotopic (exact) mass is 323 g/mol. The van der Waals surface area contributed by atoms with E-state index < -0.39 is 4.92 Å². The number of nitro groups is 1. The summed E-state index contributed by atoms with van der Waals surface area (Å²) in [4.78, 5) is 28.3. The standard InChI is InChI=1S/C11H6BrN3O4/c12-8-2-1-3-9(15(17)18)10(8)19-11-13-4-7(6-16)5-14-11/h1-6H. The number of carbonyl (C=O) groups is 1. The maximum absolute atomic E-state index is 10.9. The van der Waals surface area contributed by atoms with Crippen LogP contribution in [0.4, 0.5) is 5.69 Å². The third kappa shape index (κ3) is 2.91. The zero-order valence-electron chi connectivity index (χ0n) is 9.32. The summed E-state index contributed by atoms with van der Waals surface area (Å²) in [5.41, 5.74) is 0.0754. The van der Waals surface area contributed by atoms with Gasteiger partial charge in [0.25, 0.3) is 0 Å². The highest BCUT2D eigenvalue weighted by Gasteiger charge is 2.19. The summed E-state index contributed by atoms with van der Waals surface area (Å²) in [6.45, 7) is 0. The summed E-state index contributed by atoms with van der Waals surface area (Å²) in [7, 11) is 0. The number of hydrogen-bond acceptors (Lipinski definition) is 6. The zero-order valence-corrected chi connectivity index (χ0v) is 10.9. The van der Waals surface area contributed by atoms with Crippen molar-refractivity contribution in [2.75, 3.05) is 0 Å². The SMILES string of the molecule is O=Cc1cnc(Oc2c(Br)cccc2[N+](=O)[O-])nc1. The minimum absolute atomic E-state index is 0.00588. The van der Waals surface area contributed by atoms with Crippen molar-refractivity contribution in [3.63, 3.8) is 0 Å². The number of nitrogens with zero attached hydrogens (tertiary/aromatic N) is 3. The molecule has 2 rings (SSSR count). The minimum atomic E-state index is -0.570. The second-order valence-corrected chi connectivity index (χ2v) is 4.22. The molecule has 0 fully saturated rings. The Morgan fingerprint density at radius 2 is 2.00 bits per heavy atom. The molecule has 2 aromatic rings. The molecule has 1 aromatic heterocycles. The first-order valence-electron chi connectivity index (χ1n) is 5.00. The Labute approximate surface area is 115 Å². The van der Waals surface area contributed by atoms with Gasteiger partial charge in [-0.15, -0.1) is 0 Å². The number of benzene rings is 1. The molecule has 0 atom stereocenters. The average molecular weight is 324 g/mol. The molecular formula is C11H6BrN3O4. The molecule has 1 aromatic carbocycles. The van der Waals surface area contributed by atoms with Crippen LogP contribution in [0.3, 0.4) is 0 Å². The Morgan fingerprint density at radius 1 is 1.32 bits per heavy atom. The van der Waals surface area contributed by atoms with Gasteiger partial charge in [0, 0.05) is 18.5 Å².